The molecule has 0 spiro atoms. The number of nitrogens with two attached hydrogens (primary N) is 1. The first-order valence-corrected chi connectivity index (χ1v) is 8.66. The zero-order valence-electron chi connectivity index (χ0n) is 12.2. The molecule has 3 rings (SSSR count). The van der Waals surface area contributed by atoms with E-state index in [0.29, 0.717) is 5.25 Å². The lowest BCUT2D eigenvalue weighted by Gasteiger charge is -2.29. The molecule has 1 aliphatic heterocycles. The molecule has 110 valence electrons. The second kappa shape index (κ2) is 7.12. The van der Waals surface area contributed by atoms with E-state index in [1.807, 2.05) is 17.8 Å². The van der Waals surface area contributed by atoms with Gasteiger partial charge >= 0.3 is 0 Å². The van der Waals surface area contributed by atoms with Crippen LogP contribution in [0.3, 0.4) is 0 Å². The largest absolute Gasteiger partial charge is 0.271 e. The molecule has 0 aromatic heterocycles. The van der Waals surface area contributed by atoms with Crippen molar-refractivity contribution in [3.05, 3.63) is 60.2 Å². The average Bonchev–Trinajstić information content (AvgIpc) is 2.58. The number of hydrogen-bond donors (Lipinski definition) is 2. The summed E-state index contributed by atoms with van der Waals surface area (Å²) in [5.74, 6) is 7.08. The van der Waals surface area contributed by atoms with Crippen LogP contribution in [-0.4, -0.2) is 11.0 Å². The van der Waals surface area contributed by atoms with E-state index in [1.54, 1.807) is 0 Å². The Balaban J connectivity index is 1.79. The zero-order chi connectivity index (χ0) is 14.5. The first-order valence-electron chi connectivity index (χ1n) is 7.61. The first kappa shape index (κ1) is 14.6. The molecule has 0 radical (unpaired) electrons. The monoisotopic (exact) mass is 298 g/mol. The van der Waals surface area contributed by atoms with Crippen molar-refractivity contribution in [2.75, 3.05) is 5.75 Å². The van der Waals surface area contributed by atoms with Gasteiger partial charge in [0.15, 0.2) is 0 Å². The number of rotatable bonds is 4. The number of nitrogens with one attached hydrogen (secondary N) is 1. The van der Waals surface area contributed by atoms with E-state index in [0.717, 1.165) is 0 Å². The van der Waals surface area contributed by atoms with Gasteiger partial charge in [0, 0.05) is 5.25 Å². The molecule has 0 bridgehead atoms. The predicted molar refractivity (Wildman–Crippen MR) is 92.0 cm³/mol. The van der Waals surface area contributed by atoms with Gasteiger partial charge in [-0.05, 0) is 35.3 Å². The lowest BCUT2D eigenvalue weighted by Crippen LogP contribution is -2.36. The molecule has 0 amide bonds. The van der Waals surface area contributed by atoms with Crippen LogP contribution in [0.25, 0.3) is 11.1 Å². The van der Waals surface area contributed by atoms with Gasteiger partial charge in [0.2, 0.25) is 0 Å². The van der Waals surface area contributed by atoms with Crippen LogP contribution in [0.15, 0.2) is 54.6 Å². The minimum absolute atomic E-state index is 0.250. The minimum atomic E-state index is 0.250. The van der Waals surface area contributed by atoms with Crippen LogP contribution in [0.1, 0.15) is 30.9 Å². The van der Waals surface area contributed by atoms with Gasteiger partial charge in [-0.3, -0.25) is 11.3 Å². The second-order valence-corrected chi connectivity index (χ2v) is 6.88. The molecule has 0 aliphatic carbocycles. The normalized spacial score (nSPS) is 20.1. The van der Waals surface area contributed by atoms with E-state index in [2.05, 4.69) is 54.0 Å². The van der Waals surface area contributed by atoms with Gasteiger partial charge in [0.25, 0.3) is 0 Å². The highest BCUT2D eigenvalue weighted by Crippen LogP contribution is 2.34. The van der Waals surface area contributed by atoms with Crippen molar-refractivity contribution in [1.29, 1.82) is 0 Å². The molecule has 2 atom stereocenters. The van der Waals surface area contributed by atoms with Crippen LogP contribution in [-0.2, 0) is 0 Å². The second-order valence-electron chi connectivity index (χ2n) is 5.54. The minimum Gasteiger partial charge on any atom is -0.271 e. The first-order chi connectivity index (χ1) is 10.4. The Labute approximate surface area is 131 Å². The molecule has 2 unspecified atom stereocenters. The maximum atomic E-state index is 5.82. The van der Waals surface area contributed by atoms with Gasteiger partial charge in [-0.2, -0.15) is 11.8 Å². The van der Waals surface area contributed by atoms with E-state index in [-0.39, 0.29) is 6.04 Å². The fourth-order valence-electron chi connectivity index (χ4n) is 2.96. The summed E-state index contributed by atoms with van der Waals surface area (Å²) < 4.78 is 0. The predicted octanol–water partition coefficient (Wildman–Crippen LogP) is 4.14. The van der Waals surface area contributed by atoms with Gasteiger partial charge in [-0.15, -0.1) is 0 Å². The average molecular weight is 298 g/mol. The Morgan fingerprint density at radius 3 is 2.29 bits per heavy atom. The smallest absolute Gasteiger partial charge is 0.0578 e. The van der Waals surface area contributed by atoms with Crippen molar-refractivity contribution in [3.63, 3.8) is 0 Å². The molecule has 1 heterocycles. The van der Waals surface area contributed by atoms with E-state index < -0.39 is 0 Å². The maximum Gasteiger partial charge on any atom is 0.0578 e. The molecule has 1 aliphatic rings. The van der Waals surface area contributed by atoms with E-state index in [9.17, 15) is 0 Å². The standard InChI is InChI=1S/C18H22N2S/c19-20-18(17-8-4-5-13-21-17)16-11-9-15(10-12-16)14-6-2-1-3-7-14/h1-3,6-7,9-12,17-18,20H,4-5,8,13,19H2. The number of hydrogen-bond acceptors (Lipinski definition) is 3. The van der Waals surface area contributed by atoms with Crippen LogP contribution in [0.4, 0.5) is 0 Å². The fraction of sp³-hybridized carbons (Fsp3) is 0.333. The van der Waals surface area contributed by atoms with Crippen molar-refractivity contribution in [2.24, 2.45) is 5.84 Å². The SMILES string of the molecule is NNC(c1ccc(-c2ccccc2)cc1)C1CCCCS1. The van der Waals surface area contributed by atoms with Crippen LogP contribution in [0.5, 0.6) is 0 Å². The summed E-state index contributed by atoms with van der Waals surface area (Å²) >= 11 is 2.05. The van der Waals surface area contributed by atoms with Crippen molar-refractivity contribution in [2.45, 2.75) is 30.6 Å². The molecule has 1 saturated heterocycles. The molecule has 1 fully saturated rings. The molecule has 21 heavy (non-hydrogen) atoms. The number of thioether (sulfide) groups is 1. The van der Waals surface area contributed by atoms with Crippen molar-refractivity contribution >= 4 is 11.8 Å². The lowest BCUT2D eigenvalue weighted by molar-refractivity contribution is 0.492. The Morgan fingerprint density at radius 2 is 1.67 bits per heavy atom. The number of benzene rings is 2. The molecule has 3 heteroatoms. The molecular weight excluding hydrogens is 276 g/mol. The summed E-state index contributed by atoms with van der Waals surface area (Å²) in [6.45, 7) is 0. The number of hydrazine groups is 1. The van der Waals surface area contributed by atoms with E-state index in [4.69, 9.17) is 5.84 Å². The molecule has 2 aromatic carbocycles. The molecule has 2 nitrogen and oxygen atoms in total. The van der Waals surface area contributed by atoms with Gasteiger partial charge in [-0.25, -0.2) is 0 Å². The van der Waals surface area contributed by atoms with Gasteiger partial charge < -0.3 is 0 Å². The Morgan fingerprint density at radius 1 is 0.952 bits per heavy atom. The van der Waals surface area contributed by atoms with Crippen LogP contribution in [0, 0.1) is 0 Å². The summed E-state index contributed by atoms with van der Waals surface area (Å²) in [4.78, 5) is 0. The highest BCUT2D eigenvalue weighted by molar-refractivity contribution is 8.00. The van der Waals surface area contributed by atoms with Crippen molar-refractivity contribution < 1.29 is 0 Å². The Kier molecular flexibility index (Phi) is 4.96. The zero-order valence-corrected chi connectivity index (χ0v) is 13.0. The topological polar surface area (TPSA) is 38.0 Å². The Bertz CT molecular complexity index is 547. The third-order valence-electron chi connectivity index (χ3n) is 4.14. The summed E-state index contributed by atoms with van der Waals surface area (Å²) in [5.41, 5.74) is 6.83. The van der Waals surface area contributed by atoms with Gasteiger partial charge in [-0.1, -0.05) is 61.0 Å². The molecule has 2 aromatic rings. The van der Waals surface area contributed by atoms with Gasteiger partial charge in [0.05, 0.1) is 6.04 Å². The van der Waals surface area contributed by atoms with Crippen molar-refractivity contribution in [1.82, 2.24) is 5.43 Å². The summed E-state index contributed by atoms with van der Waals surface area (Å²) in [5, 5.41) is 0.589. The lowest BCUT2D eigenvalue weighted by atomic mass is 9.97. The van der Waals surface area contributed by atoms with E-state index in [1.165, 1.54) is 41.7 Å². The third kappa shape index (κ3) is 3.49. The third-order valence-corrected chi connectivity index (χ3v) is 5.60. The Hall–Kier alpha value is -1.29. The van der Waals surface area contributed by atoms with Gasteiger partial charge in [0.1, 0.15) is 0 Å². The van der Waals surface area contributed by atoms with Crippen LogP contribution >= 0.6 is 11.8 Å². The van der Waals surface area contributed by atoms with Crippen LogP contribution < -0.4 is 11.3 Å². The highest BCUT2D eigenvalue weighted by atomic mass is 32.2. The molecular formula is C18H22N2S. The van der Waals surface area contributed by atoms with Crippen molar-refractivity contribution in [3.8, 4) is 11.1 Å². The molecule has 0 saturated carbocycles. The maximum absolute atomic E-state index is 5.82. The summed E-state index contributed by atoms with van der Waals surface area (Å²) in [6, 6.07) is 19.6. The highest BCUT2D eigenvalue weighted by Gasteiger charge is 2.24. The quantitative estimate of drug-likeness (QED) is 0.658. The van der Waals surface area contributed by atoms with Crippen LogP contribution in [0.2, 0.25) is 0 Å². The summed E-state index contributed by atoms with van der Waals surface area (Å²) in [7, 11) is 0. The summed E-state index contributed by atoms with van der Waals surface area (Å²) in [6.07, 6.45) is 3.91. The fourth-order valence-corrected chi connectivity index (χ4v) is 4.40. The van der Waals surface area contributed by atoms with E-state index >= 15 is 0 Å². The molecule has 3 N–H and O–H groups in total.